The number of carbonyl (C=O) groups excluding carboxylic acids is 1. The first-order chi connectivity index (χ1) is 12.7. The van der Waals surface area contributed by atoms with Crippen molar-refractivity contribution in [3.05, 3.63) is 64.5 Å². The molecule has 1 heterocycles. The predicted molar refractivity (Wildman–Crippen MR) is 98.2 cm³/mol. The number of ether oxygens (including phenoxy) is 1. The molecule has 0 aliphatic carbocycles. The van der Waals surface area contributed by atoms with Crippen LogP contribution >= 0.6 is 11.6 Å². The van der Waals surface area contributed by atoms with E-state index in [0.717, 1.165) is 17.4 Å². The first-order valence-corrected chi connectivity index (χ1v) is 10.1. The summed E-state index contributed by atoms with van der Waals surface area (Å²) in [5, 5.41) is 3.93. The van der Waals surface area contributed by atoms with Crippen LogP contribution in [0.15, 0.2) is 51.9 Å². The standard InChI is InChI=1S/C18H15ClN2O5S/c1-11-3-5-12(6-4-11)17-20-16(26-21-17)10-25-18(22)14-9-13(27(2,23)24)7-8-15(14)19/h3-9H,10H2,1-2H3. The van der Waals surface area contributed by atoms with Gasteiger partial charge in [0.25, 0.3) is 5.89 Å². The molecule has 140 valence electrons. The van der Waals surface area contributed by atoms with Crippen LogP contribution in [0.25, 0.3) is 11.4 Å². The Kier molecular flexibility index (Phi) is 5.29. The van der Waals surface area contributed by atoms with Crippen molar-refractivity contribution in [2.45, 2.75) is 18.4 Å². The highest BCUT2D eigenvalue weighted by molar-refractivity contribution is 7.90. The largest absolute Gasteiger partial charge is 0.452 e. The van der Waals surface area contributed by atoms with Gasteiger partial charge in [-0.15, -0.1) is 0 Å². The maximum absolute atomic E-state index is 12.2. The Morgan fingerprint density at radius 2 is 1.89 bits per heavy atom. The normalized spacial score (nSPS) is 11.4. The van der Waals surface area contributed by atoms with Crippen LogP contribution in [-0.2, 0) is 21.2 Å². The van der Waals surface area contributed by atoms with Crippen molar-refractivity contribution in [2.24, 2.45) is 0 Å². The van der Waals surface area contributed by atoms with E-state index < -0.39 is 15.8 Å². The van der Waals surface area contributed by atoms with Crippen LogP contribution in [0.5, 0.6) is 0 Å². The van der Waals surface area contributed by atoms with Gasteiger partial charge in [-0.2, -0.15) is 4.98 Å². The average molecular weight is 407 g/mol. The summed E-state index contributed by atoms with van der Waals surface area (Å²) in [6, 6.07) is 11.4. The molecule has 3 rings (SSSR count). The Hall–Kier alpha value is -2.71. The predicted octanol–water partition coefficient (Wildman–Crippen LogP) is 3.46. The van der Waals surface area contributed by atoms with Crippen LogP contribution in [0.4, 0.5) is 0 Å². The third-order valence-electron chi connectivity index (χ3n) is 3.69. The molecule has 9 heteroatoms. The summed E-state index contributed by atoms with van der Waals surface area (Å²) >= 11 is 5.97. The van der Waals surface area contributed by atoms with Gasteiger partial charge in [-0.05, 0) is 25.1 Å². The fourth-order valence-electron chi connectivity index (χ4n) is 2.23. The Morgan fingerprint density at radius 1 is 1.19 bits per heavy atom. The van der Waals surface area contributed by atoms with E-state index in [1.54, 1.807) is 0 Å². The summed E-state index contributed by atoms with van der Waals surface area (Å²) in [4.78, 5) is 16.4. The van der Waals surface area contributed by atoms with Crippen molar-refractivity contribution in [2.75, 3.05) is 6.26 Å². The number of nitrogens with zero attached hydrogens (tertiary/aromatic N) is 2. The quantitative estimate of drug-likeness (QED) is 0.598. The molecule has 0 saturated heterocycles. The molecule has 3 aromatic rings. The Labute approximate surface area is 160 Å². The molecule has 0 aliphatic heterocycles. The molecule has 7 nitrogen and oxygen atoms in total. The molecule has 0 saturated carbocycles. The number of rotatable bonds is 5. The van der Waals surface area contributed by atoms with Crippen LogP contribution in [0.1, 0.15) is 21.8 Å². The fraction of sp³-hybridized carbons (Fsp3) is 0.167. The van der Waals surface area contributed by atoms with Gasteiger partial charge in [0.2, 0.25) is 5.82 Å². The van der Waals surface area contributed by atoms with Gasteiger partial charge in [-0.25, -0.2) is 13.2 Å². The van der Waals surface area contributed by atoms with Crippen molar-refractivity contribution in [3.8, 4) is 11.4 Å². The lowest BCUT2D eigenvalue weighted by Gasteiger charge is -2.06. The highest BCUT2D eigenvalue weighted by Crippen LogP contribution is 2.22. The number of aryl methyl sites for hydroxylation is 1. The molecule has 2 aromatic carbocycles. The zero-order chi connectivity index (χ0) is 19.6. The highest BCUT2D eigenvalue weighted by Gasteiger charge is 2.18. The summed E-state index contributed by atoms with van der Waals surface area (Å²) < 4.78 is 33.4. The number of carbonyl (C=O) groups is 1. The van der Waals surface area contributed by atoms with E-state index in [2.05, 4.69) is 10.1 Å². The minimum atomic E-state index is -3.48. The minimum absolute atomic E-state index is 0.0294. The molecular formula is C18H15ClN2O5S. The monoisotopic (exact) mass is 406 g/mol. The van der Waals surface area contributed by atoms with Crippen molar-refractivity contribution >= 4 is 27.4 Å². The lowest BCUT2D eigenvalue weighted by molar-refractivity contribution is 0.0429. The molecule has 0 fully saturated rings. The van der Waals surface area contributed by atoms with E-state index in [9.17, 15) is 13.2 Å². The lowest BCUT2D eigenvalue weighted by atomic mass is 10.1. The first kappa shape index (κ1) is 19.1. The van der Waals surface area contributed by atoms with E-state index in [1.165, 1.54) is 18.2 Å². The summed E-state index contributed by atoms with van der Waals surface area (Å²) in [6.07, 6.45) is 1.04. The van der Waals surface area contributed by atoms with Gasteiger partial charge < -0.3 is 9.26 Å². The molecular weight excluding hydrogens is 392 g/mol. The lowest BCUT2D eigenvalue weighted by Crippen LogP contribution is -2.08. The molecule has 0 spiro atoms. The Balaban J connectivity index is 1.72. The van der Waals surface area contributed by atoms with Gasteiger partial charge in [-0.3, -0.25) is 0 Å². The minimum Gasteiger partial charge on any atom is -0.452 e. The van der Waals surface area contributed by atoms with Crippen molar-refractivity contribution in [1.29, 1.82) is 0 Å². The SMILES string of the molecule is Cc1ccc(-c2noc(COC(=O)c3cc(S(C)(=O)=O)ccc3Cl)n2)cc1. The molecule has 0 N–H and O–H groups in total. The number of halogens is 1. The van der Waals surface area contributed by atoms with Crippen molar-refractivity contribution < 1.29 is 22.5 Å². The zero-order valence-electron chi connectivity index (χ0n) is 14.5. The number of aromatic nitrogens is 2. The molecule has 0 aliphatic rings. The maximum Gasteiger partial charge on any atom is 0.340 e. The van der Waals surface area contributed by atoms with Gasteiger partial charge in [0, 0.05) is 11.8 Å². The van der Waals surface area contributed by atoms with Crippen LogP contribution in [0, 0.1) is 6.92 Å². The second kappa shape index (κ2) is 7.50. The highest BCUT2D eigenvalue weighted by atomic mass is 35.5. The van der Waals surface area contributed by atoms with Gasteiger partial charge in [0.1, 0.15) is 0 Å². The van der Waals surface area contributed by atoms with Crippen LogP contribution < -0.4 is 0 Å². The Morgan fingerprint density at radius 3 is 2.56 bits per heavy atom. The van der Waals surface area contributed by atoms with Crippen LogP contribution in [-0.4, -0.2) is 30.8 Å². The average Bonchev–Trinajstić information content (AvgIpc) is 3.08. The van der Waals surface area contributed by atoms with Gasteiger partial charge in [0.15, 0.2) is 16.4 Å². The van der Waals surface area contributed by atoms with Crippen LogP contribution in [0.3, 0.4) is 0 Å². The number of benzene rings is 2. The smallest absolute Gasteiger partial charge is 0.340 e. The van der Waals surface area contributed by atoms with Crippen LogP contribution in [0.2, 0.25) is 5.02 Å². The summed E-state index contributed by atoms with van der Waals surface area (Å²) in [5.74, 6) is -0.312. The van der Waals surface area contributed by atoms with Gasteiger partial charge >= 0.3 is 5.97 Å². The van der Waals surface area contributed by atoms with E-state index in [-0.39, 0.29) is 28.0 Å². The third-order valence-corrected chi connectivity index (χ3v) is 5.13. The zero-order valence-corrected chi connectivity index (χ0v) is 16.0. The van der Waals surface area contributed by atoms with Crippen molar-refractivity contribution in [3.63, 3.8) is 0 Å². The Bertz CT molecular complexity index is 1090. The second-order valence-corrected chi connectivity index (χ2v) is 8.29. The first-order valence-electron chi connectivity index (χ1n) is 7.80. The second-order valence-electron chi connectivity index (χ2n) is 5.87. The molecule has 0 bridgehead atoms. The van der Waals surface area contributed by atoms with E-state index >= 15 is 0 Å². The number of sulfone groups is 1. The molecule has 1 aromatic heterocycles. The molecule has 0 unspecified atom stereocenters. The van der Waals surface area contributed by atoms with E-state index in [0.29, 0.717) is 5.82 Å². The molecule has 0 atom stereocenters. The van der Waals surface area contributed by atoms with Crippen molar-refractivity contribution in [1.82, 2.24) is 10.1 Å². The molecule has 27 heavy (non-hydrogen) atoms. The number of hydrogen-bond donors (Lipinski definition) is 0. The number of hydrogen-bond acceptors (Lipinski definition) is 7. The summed E-state index contributed by atoms with van der Waals surface area (Å²) in [5.41, 5.74) is 1.81. The van der Waals surface area contributed by atoms with E-state index in [1.807, 2.05) is 31.2 Å². The summed E-state index contributed by atoms with van der Waals surface area (Å²) in [6.45, 7) is 1.70. The molecule has 0 amide bonds. The maximum atomic E-state index is 12.2. The number of esters is 1. The van der Waals surface area contributed by atoms with E-state index in [4.69, 9.17) is 20.9 Å². The summed E-state index contributed by atoms with van der Waals surface area (Å²) in [7, 11) is -3.48. The fourth-order valence-corrected chi connectivity index (χ4v) is 3.07. The molecule has 0 radical (unpaired) electrons. The van der Waals surface area contributed by atoms with Gasteiger partial charge in [0.05, 0.1) is 15.5 Å². The third kappa shape index (κ3) is 4.53. The topological polar surface area (TPSA) is 99.4 Å². The van der Waals surface area contributed by atoms with Gasteiger partial charge in [-0.1, -0.05) is 46.6 Å².